The molecule has 0 atom stereocenters. The predicted octanol–water partition coefficient (Wildman–Crippen LogP) is -1.04. The number of aliphatic carboxylic acids is 1. The molecule has 50 valence electrons. The van der Waals surface area contributed by atoms with E-state index in [-0.39, 0.29) is 27.7 Å². The van der Waals surface area contributed by atoms with Gasteiger partial charge >= 0.3 is 5.97 Å². The maximum atomic E-state index is 9.62. The van der Waals surface area contributed by atoms with Gasteiger partial charge < -0.3 is 5.11 Å². The van der Waals surface area contributed by atoms with E-state index in [1.165, 1.54) is 0 Å². The first kappa shape index (κ1) is 12.0. The van der Waals surface area contributed by atoms with Crippen molar-refractivity contribution in [3.05, 3.63) is 0 Å². The summed E-state index contributed by atoms with van der Waals surface area (Å²) in [6.45, 7) is 0. The summed E-state index contributed by atoms with van der Waals surface area (Å²) in [7, 11) is -4.32. The Morgan fingerprint density at radius 1 is 1.44 bits per heavy atom. The van der Waals surface area contributed by atoms with Crippen LogP contribution in [0.3, 0.4) is 0 Å². The van der Waals surface area contributed by atoms with Crippen molar-refractivity contribution < 1.29 is 50.5 Å². The average Bonchev–Trinajstić information content (AvgIpc) is 1.21. The van der Waals surface area contributed by atoms with E-state index in [2.05, 4.69) is 0 Å². The van der Waals surface area contributed by atoms with Crippen LogP contribution in [0.4, 0.5) is 0 Å². The largest absolute Gasteiger partial charge is 0.480 e. The molecule has 0 aliphatic carbocycles. The molecule has 0 rings (SSSR count). The Morgan fingerprint density at radius 3 is 1.78 bits per heavy atom. The molecular formula is C2H4HgO5S. The minimum Gasteiger partial charge on any atom is -0.480 e. The standard InChI is InChI=1S/C2H4O5S.Hg/c3-2(4)1-8(5,6)7;/h1H2,(H,3,4)(H,5,6,7);. The maximum Gasteiger partial charge on any atom is 0.321 e. The van der Waals surface area contributed by atoms with E-state index in [0.29, 0.717) is 0 Å². The van der Waals surface area contributed by atoms with Crippen LogP contribution in [-0.2, 0) is 42.6 Å². The van der Waals surface area contributed by atoms with Gasteiger partial charge in [0, 0.05) is 27.7 Å². The van der Waals surface area contributed by atoms with Gasteiger partial charge in [-0.05, 0) is 0 Å². The van der Waals surface area contributed by atoms with Crippen LogP contribution in [0, 0.1) is 0 Å². The summed E-state index contributed by atoms with van der Waals surface area (Å²) in [6.07, 6.45) is 0. The molecule has 0 saturated carbocycles. The zero-order chi connectivity index (χ0) is 6.78. The minimum atomic E-state index is -4.32. The summed E-state index contributed by atoms with van der Waals surface area (Å²) in [6, 6.07) is 0. The number of carboxylic acid groups (broad SMARTS) is 1. The fourth-order valence-corrected chi connectivity index (χ4v) is 0.468. The molecule has 0 spiro atoms. The molecule has 0 radical (unpaired) electrons. The van der Waals surface area contributed by atoms with Crippen molar-refractivity contribution in [2.75, 3.05) is 5.75 Å². The Kier molecular flexibility index (Phi) is 5.59. The molecule has 0 amide bonds. The minimum absolute atomic E-state index is 0. The fraction of sp³-hybridized carbons (Fsp3) is 0.500. The van der Waals surface area contributed by atoms with Gasteiger partial charge in [-0.1, -0.05) is 0 Å². The Bertz CT molecular complexity index is 181. The second kappa shape index (κ2) is 4.18. The van der Waals surface area contributed by atoms with E-state index >= 15 is 0 Å². The molecule has 0 aromatic rings. The molecule has 9 heavy (non-hydrogen) atoms. The van der Waals surface area contributed by atoms with Gasteiger partial charge in [-0.15, -0.1) is 0 Å². The van der Waals surface area contributed by atoms with Crippen LogP contribution in [0.2, 0.25) is 0 Å². The number of carbonyl (C=O) groups is 1. The van der Waals surface area contributed by atoms with Crippen molar-refractivity contribution in [3.63, 3.8) is 0 Å². The van der Waals surface area contributed by atoms with Crippen molar-refractivity contribution in [2.24, 2.45) is 0 Å². The van der Waals surface area contributed by atoms with Gasteiger partial charge in [-0.25, -0.2) is 0 Å². The van der Waals surface area contributed by atoms with Crippen LogP contribution < -0.4 is 0 Å². The first-order chi connectivity index (χ1) is 3.42. The van der Waals surface area contributed by atoms with Crippen molar-refractivity contribution in [3.8, 4) is 0 Å². The van der Waals surface area contributed by atoms with Gasteiger partial charge in [0.15, 0.2) is 5.75 Å². The number of carboxylic acids is 1. The molecule has 2 N–H and O–H groups in total. The van der Waals surface area contributed by atoms with Crippen LogP contribution in [0.1, 0.15) is 0 Å². The van der Waals surface area contributed by atoms with E-state index in [1.54, 1.807) is 0 Å². The molecule has 0 fully saturated rings. The third kappa shape index (κ3) is 11.7. The van der Waals surface area contributed by atoms with Crippen molar-refractivity contribution in [1.82, 2.24) is 0 Å². The van der Waals surface area contributed by atoms with Crippen molar-refractivity contribution >= 4 is 16.1 Å². The van der Waals surface area contributed by atoms with Crippen LogP contribution >= 0.6 is 0 Å². The van der Waals surface area contributed by atoms with Gasteiger partial charge in [-0.3, -0.25) is 9.35 Å². The molecule has 5 nitrogen and oxygen atoms in total. The zero-order valence-electron chi connectivity index (χ0n) is 4.44. The van der Waals surface area contributed by atoms with E-state index in [1.807, 2.05) is 0 Å². The second-order valence-corrected chi connectivity index (χ2v) is 2.57. The van der Waals surface area contributed by atoms with Gasteiger partial charge in [-0.2, -0.15) is 8.42 Å². The maximum absolute atomic E-state index is 9.62. The van der Waals surface area contributed by atoms with Crippen LogP contribution in [0.25, 0.3) is 0 Å². The third-order valence-corrected chi connectivity index (χ3v) is 0.918. The molecule has 0 aliphatic rings. The van der Waals surface area contributed by atoms with Gasteiger partial charge in [0.1, 0.15) is 0 Å². The Morgan fingerprint density at radius 2 is 1.78 bits per heavy atom. The molecule has 0 saturated heterocycles. The Balaban J connectivity index is 0. The van der Waals surface area contributed by atoms with Crippen LogP contribution in [0.15, 0.2) is 0 Å². The number of rotatable bonds is 2. The topological polar surface area (TPSA) is 91.7 Å². The van der Waals surface area contributed by atoms with Gasteiger partial charge in [0.05, 0.1) is 0 Å². The average molecular weight is 341 g/mol. The molecule has 0 heterocycles. The predicted molar refractivity (Wildman–Crippen MR) is 24.1 cm³/mol. The summed E-state index contributed by atoms with van der Waals surface area (Å²) in [5.41, 5.74) is 0. The van der Waals surface area contributed by atoms with E-state index in [0.717, 1.165) is 0 Å². The van der Waals surface area contributed by atoms with E-state index in [4.69, 9.17) is 9.66 Å². The number of hydrogen-bond acceptors (Lipinski definition) is 3. The second-order valence-electron chi connectivity index (χ2n) is 1.12. The Hall–Kier alpha value is 0.315. The summed E-state index contributed by atoms with van der Waals surface area (Å²) < 4.78 is 27.0. The summed E-state index contributed by atoms with van der Waals surface area (Å²) in [5, 5.41) is 7.71. The monoisotopic (exact) mass is 342 g/mol. The van der Waals surface area contributed by atoms with E-state index in [9.17, 15) is 13.2 Å². The van der Waals surface area contributed by atoms with Gasteiger partial charge in [0.25, 0.3) is 10.1 Å². The SMILES string of the molecule is O=C(O)CS(=O)(=O)O.[Hg]. The smallest absolute Gasteiger partial charge is 0.321 e. The van der Waals surface area contributed by atoms with E-state index < -0.39 is 21.8 Å². The van der Waals surface area contributed by atoms with Crippen LogP contribution in [0.5, 0.6) is 0 Å². The normalized spacial score (nSPS) is 9.89. The quantitative estimate of drug-likeness (QED) is 0.495. The number of hydrogen-bond donors (Lipinski definition) is 2. The molecule has 0 aromatic carbocycles. The third-order valence-electron chi connectivity index (χ3n) is 0.306. The van der Waals surface area contributed by atoms with Crippen LogP contribution in [-0.4, -0.2) is 29.8 Å². The Labute approximate surface area is 72.3 Å². The molecule has 0 aliphatic heterocycles. The zero-order valence-corrected chi connectivity index (χ0v) is 10.8. The molecule has 0 bridgehead atoms. The van der Waals surface area contributed by atoms with Crippen molar-refractivity contribution in [1.29, 1.82) is 0 Å². The first-order valence-corrected chi connectivity index (χ1v) is 3.20. The summed E-state index contributed by atoms with van der Waals surface area (Å²) >= 11 is 0. The fourth-order valence-electron chi connectivity index (χ4n) is 0.156. The molecule has 0 aromatic heterocycles. The summed E-state index contributed by atoms with van der Waals surface area (Å²) in [5.74, 6) is -2.79. The van der Waals surface area contributed by atoms with Crippen molar-refractivity contribution in [2.45, 2.75) is 0 Å². The molecular weight excluding hydrogens is 337 g/mol. The first-order valence-electron chi connectivity index (χ1n) is 1.59. The molecule has 7 heteroatoms. The molecule has 0 unspecified atom stereocenters. The van der Waals surface area contributed by atoms with Gasteiger partial charge in [0.2, 0.25) is 0 Å². The summed E-state index contributed by atoms with van der Waals surface area (Å²) in [4.78, 5) is 9.48.